The van der Waals surface area contributed by atoms with Gasteiger partial charge in [0, 0.05) is 22.0 Å². The van der Waals surface area contributed by atoms with Crippen LogP contribution in [0.3, 0.4) is 0 Å². The van der Waals surface area contributed by atoms with Crippen LogP contribution in [0.4, 0.5) is 0 Å². The zero-order valence-electron chi connectivity index (χ0n) is 26.1. The molecule has 0 unspecified atom stereocenters. The quantitative estimate of drug-likeness (QED) is 0.184. The molecule has 0 fully saturated rings. The number of nitriles is 2. The van der Waals surface area contributed by atoms with Crippen LogP contribution in [0.15, 0.2) is 89.3 Å². The number of aromatic nitrogens is 1. The van der Waals surface area contributed by atoms with Crippen LogP contribution < -0.4 is 0 Å². The maximum atomic E-state index is 9.84. The Bertz CT molecular complexity index is 1910. The van der Waals surface area contributed by atoms with Crippen molar-refractivity contribution in [2.75, 3.05) is 0 Å². The average Bonchev–Trinajstić information content (AvgIpc) is 3.41. The molecule has 0 saturated heterocycles. The molecule has 0 bridgehead atoms. The highest BCUT2D eigenvalue weighted by Gasteiger charge is 2.38. The number of benzene rings is 3. The molecule has 0 N–H and O–H groups in total. The number of fused-ring (bicyclic) bond motifs is 3. The zero-order chi connectivity index (χ0) is 31.3. The van der Waals surface area contributed by atoms with E-state index in [-0.39, 0.29) is 27.9 Å². The molecular formula is C38H36N4O. The normalized spacial score (nSPS) is 16.3. The Balaban J connectivity index is 1.61. The van der Waals surface area contributed by atoms with E-state index in [2.05, 4.69) is 118 Å². The first kappa shape index (κ1) is 29.4. The standard InChI is InChI=1S/C38H36N4O/c1-36(2,3)25-13-18-33-28(20-25)29-21-26(37(4,5)6)14-19-34(29)42(33)27-15-10-24(11-16-27)12-17-31-30(22-39)35(32(23-40)41-9)43-38(31,7)8/h10-21H,1-8H3/b17-12+,35-32-. The van der Waals surface area contributed by atoms with Crippen molar-refractivity contribution in [2.45, 2.75) is 71.8 Å². The molecule has 1 aliphatic rings. The van der Waals surface area contributed by atoms with E-state index in [1.165, 1.54) is 32.9 Å². The van der Waals surface area contributed by atoms with E-state index in [0.717, 1.165) is 11.3 Å². The van der Waals surface area contributed by atoms with Crippen molar-refractivity contribution in [3.05, 3.63) is 117 Å². The molecule has 0 saturated carbocycles. The van der Waals surface area contributed by atoms with Gasteiger partial charge in [0.25, 0.3) is 0 Å². The summed E-state index contributed by atoms with van der Waals surface area (Å²) in [6.45, 7) is 24.4. The summed E-state index contributed by atoms with van der Waals surface area (Å²) >= 11 is 0. The van der Waals surface area contributed by atoms with Gasteiger partial charge in [0.05, 0.1) is 29.2 Å². The SMILES string of the molecule is [C-]#[N+]/C(C#N)=C1\OC(C)(C)C(/C=C/c2ccc(-n3c4ccc(C(C)(C)C)cc4c4cc(C(C)(C)C)ccc43)cc2)=C1C#N. The van der Waals surface area contributed by atoms with Gasteiger partial charge < -0.3 is 9.30 Å². The van der Waals surface area contributed by atoms with Gasteiger partial charge in [0.1, 0.15) is 11.7 Å². The zero-order valence-corrected chi connectivity index (χ0v) is 26.1. The molecule has 2 heterocycles. The van der Waals surface area contributed by atoms with Gasteiger partial charge in [-0.25, -0.2) is 10.1 Å². The third-order valence-corrected chi connectivity index (χ3v) is 8.14. The van der Waals surface area contributed by atoms with Crippen molar-refractivity contribution in [3.8, 4) is 17.8 Å². The molecular weight excluding hydrogens is 528 g/mol. The lowest BCUT2D eigenvalue weighted by Gasteiger charge is -2.21. The Kier molecular flexibility index (Phi) is 7.08. The van der Waals surface area contributed by atoms with E-state index in [1.54, 1.807) is 0 Å². The van der Waals surface area contributed by atoms with Crippen LogP contribution in [-0.4, -0.2) is 10.2 Å². The van der Waals surface area contributed by atoms with Gasteiger partial charge in [-0.2, -0.15) is 5.26 Å². The molecule has 1 aromatic heterocycles. The van der Waals surface area contributed by atoms with Crippen molar-refractivity contribution in [1.29, 1.82) is 10.5 Å². The van der Waals surface area contributed by atoms with Crippen molar-refractivity contribution in [2.24, 2.45) is 0 Å². The molecule has 1 aliphatic heterocycles. The van der Waals surface area contributed by atoms with E-state index >= 15 is 0 Å². The highest BCUT2D eigenvalue weighted by molar-refractivity contribution is 6.09. The molecule has 0 spiro atoms. The van der Waals surface area contributed by atoms with E-state index in [1.807, 2.05) is 32.1 Å². The van der Waals surface area contributed by atoms with E-state index in [4.69, 9.17) is 11.3 Å². The monoisotopic (exact) mass is 564 g/mol. The van der Waals surface area contributed by atoms with Gasteiger partial charge in [-0.3, -0.25) is 0 Å². The number of rotatable bonds is 3. The van der Waals surface area contributed by atoms with E-state index in [0.29, 0.717) is 5.57 Å². The minimum absolute atomic E-state index is 0.0424. The smallest absolute Gasteiger partial charge is 0.304 e. The summed E-state index contributed by atoms with van der Waals surface area (Å²) in [5.74, 6) is 0.0515. The Hall–Kier alpha value is -5.05. The number of nitrogens with zero attached hydrogens (tertiary/aromatic N) is 4. The third kappa shape index (κ3) is 5.22. The van der Waals surface area contributed by atoms with Crippen molar-refractivity contribution in [1.82, 2.24) is 4.57 Å². The lowest BCUT2D eigenvalue weighted by atomic mass is 9.85. The molecule has 5 heteroatoms. The molecule has 214 valence electrons. The van der Waals surface area contributed by atoms with Crippen molar-refractivity contribution >= 4 is 27.9 Å². The van der Waals surface area contributed by atoms with Gasteiger partial charge in [0.15, 0.2) is 5.76 Å². The number of allylic oxidation sites excluding steroid dienone is 2. The topological polar surface area (TPSA) is 66.1 Å². The Labute approximate surface area is 254 Å². The lowest BCUT2D eigenvalue weighted by molar-refractivity contribution is 0.0953. The maximum Gasteiger partial charge on any atom is 0.304 e. The van der Waals surface area contributed by atoms with Crippen LogP contribution in [0, 0.1) is 29.2 Å². The number of ether oxygens (including phenoxy) is 1. The lowest BCUT2D eigenvalue weighted by Crippen LogP contribution is -2.20. The molecule has 0 aliphatic carbocycles. The maximum absolute atomic E-state index is 9.84. The van der Waals surface area contributed by atoms with Crippen molar-refractivity contribution in [3.63, 3.8) is 0 Å². The fourth-order valence-electron chi connectivity index (χ4n) is 5.62. The van der Waals surface area contributed by atoms with E-state index < -0.39 is 5.60 Å². The van der Waals surface area contributed by atoms with Crippen LogP contribution in [-0.2, 0) is 15.6 Å². The summed E-state index contributed by atoms with van der Waals surface area (Å²) < 4.78 is 8.22. The molecule has 5 nitrogen and oxygen atoms in total. The highest BCUT2D eigenvalue weighted by Crippen LogP contribution is 2.41. The first-order valence-corrected chi connectivity index (χ1v) is 14.4. The molecule has 0 radical (unpaired) electrons. The second-order valence-electron chi connectivity index (χ2n) is 13.6. The van der Waals surface area contributed by atoms with Gasteiger partial charge in [-0.1, -0.05) is 78.0 Å². The van der Waals surface area contributed by atoms with Gasteiger partial charge >= 0.3 is 5.70 Å². The van der Waals surface area contributed by atoms with E-state index in [9.17, 15) is 10.5 Å². The summed E-state index contributed by atoms with van der Waals surface area (Å²) in [6, 6.07) is 26.0. The second-order valence-corrected chi connectivity index (χ2v) is 13.6. The molecule has 43 heavy (non-hydrogen) atoms. The first-order valence-electron chi connectivity index (χ1n) is 14.4. The molecule has 0 amide bonds. The van der Waals surface area contributed by atoms with Gasteiger partial charge in [-0.05, 0) is 77.8 Å². The number of hydrogen-bond donors (Lipinski definition) is 0. The summed E-state index contributed by atoms with van der Waals surface area (Å²) in [5, 5.41) is 21.7. The Morgan fingerprint density at radius 2 is 1.37 bits per heavy atom. The fourth-order valence-corrected chi connectivity index (χ4v) is 5.62. The predicted molar refractivity (Wildman–Crippen MR) is 174 cm³/mol. The molecule has 0 atom stereocenters. The molecule has 3 aromatic carbocycles. The Morgan fingerprint density at radius 3 is 1.81 bits per heavy atom. The van der Waals surface area contributed by atoms with Crippen LogP contribution in [0.5, 0.6) is 0 Å². The fraction of sp³-hybridized carbons (Fsp3) is 0.289. The largest absolute Gasteiger partial charge is 0.492 e. The van der Waals surface area contributed by atoms with Gasteiger partial charge in [-0.15, -0.1) is 0 Å². The van der Waals surface area contributed by atoms with Gasteiger partial charge in [0.2, 0.25) is 0 Å². The van der Waals surface area contributed by atoms with Crippen LogP contribution in [0.25, 0.3) is 38.4 Å². The minimum atomic E-state index is -0.843. The van der Waals surface area contributed by atoms with Crippen LogP contribution >= 0.6 is 0 Å². The Morgan fingerprint density at radius 1 is 0.837 bits per heavy atom. The van der Waals surface area contributed by atoms with Crippen LogP contribution in [0.1, 0.15) is 72.1 Å². The minimum Gasteiger partial charge on any atom is -0.492 e. The summed E-state index contributed by atoms with van der Waals surface area (Å²) in [4.78, 5) is 3.25. The van der Waals surface area contributed by atoms with Crippen LogP contribution in [0.2, 0.25) is 0 Å². The van der Waals surface area contributed by atoms with Crippen molar-refractivity contribution < 1.29 is 4.74 Å². The summed E-state index contributed by atoms with van der Waals surface area (Å²) in [6.07, 6.45) is 3.79. The predicted octanol–water partition coefficient (Wildman–Crippen LogP) is 9.68. The molecule has 4 aromatic rings. The second kappa shape index (κ2) is 10.3. The summed E-state index contributed by atoms with van der Waals surface area (Å²) in [7, 11) is 0. The average molecular weight is 565 g/mol. The third-order valence-electron chi connectivity index (χ3n) is 8.14. The highest BCUT2D eigenvalue weighted by atomic mass is 16.5. The molecule has 5 rings (SSSR count). The summed E-state index contributed by atoms with van der Waals surface area (Å²) in [5.41, 5.74) is 6.85. The first-order chi connectivity index (χ1) is 20.2. The number of hydrogen-bond acceptors (Lipinski definition) is 3.